The van der Waals surface area contributed by atoms with Crippen LogP contribution in [0, 0.1) is 11.3 Å². The highest BCUT2D eigenvalue weighted by Crippen LogP contribution is 2.37. The highest BCUT2D eigenvalue weighted by Gasteiger charge is 2.34. The Morgan fingerprint density at radius 2 is 2.10 bits per heavy atom. The van der Waals surface area contributed by atoms with E-state index in [0.29, 0.717) is 5.56 Å². The Kier molecular flexibility index (Phi) is 6.47. The number of methoxy groups -OCH3 is 2. The third-order valence-corrected chi connectivity index (χ3v) is 4.45. The lowest BCUT2D eigenvalue weighted by Crippen LogP contribution is -2.30. The van der Waals surface area contributed by atoms with Gasteiger partial charge in [-0.15, -0.1) is 0 Å². The van der Waals surface area contributed by atoms with Gasteiger partial charge < -0.3 is 23.9 Å². The van der Waals surface area contributed by atoms with Crippen molar-refractivity contribution in [2.24, 2.45) is 0 Å². The number of rotatable bonds is 7. The molecular weight excluding hydrogens is 430 g/mol. The Labute approximate surface area is 181 Å². The fourth-order valence-electron chi connectivity index (χ4n) is 2.78. The van der Waals surface area contributed by atoms with Crippen molar-refractivity contribution in [3.05, 3.63) is 52.1 Å². The second-order valence-electron chi connectivity index (χ2n) is 6.12. The predicted octanol–water partition coefficient (Wildman–Crippen LogP) is 2.72. The van der Waals surface area contributed by atoms with Crippen LogP contribution in [0.1, 0.15) is 21.9 Å². The number of furan rings is 1. The van der Waals surface area contributed by atoms with E-state index in [1.54, 1.807) is 6.07 Å². The van der Waals surface area contributed by atoms with Crippen LogP contribution in [0.5, 0.6) is 11.5 Å². The largest absolute Gasteiger partial charge is 0.493 e. The van der Waals surface area contributed by atoms with Crippen molar-refractivity contribution in [3.63, 3.8) is 0 Å². The van der Waals surface area contributed by atoms with E-state index in [2.05, 4.69) is 10.1 Å². The first-order valence-electron chi connectivity index (χ1n) is 8.76. The van der Waals surface area contributed by atoms with E-state index in [4.69, 9.17) is 30.8 Å². The minimum absolute atomic E-state index is 0.00793. The zero-order valence-corrected chi connectivity index (χ0v) is 17.2. The maximum Gasteiger partial charge on any atom is 0.373 e. The van der Waals surface area contributed by atoms with Gasteiger partial charge in [0.25, 0.3) is 5.91 Å². The normalized spacial score (nSPS) is 14.4. The number of esters is 1. The highest BCUT2D eigenvalue weighted by atomic mass is 35.5. The number of halogens is 1. The number of carbonyl (C=O) groups is 3. The van der Waals surface area contributed by atoms with Gasteiger partial charge in [-0.05, 0) is 35.9 Å². The molecular formula is C20H16ClN3O7. The standard InChI is InChI=1S/C20H16ClN3O7/c1-28-16-9-11(7-13(21)17(16)30-6-5-22)8-14-18(25)24(20(27)23-14)10-12-3-4-15(31-12)19(26)29-2/h3-4,7-9H,6,10H2,1-2H3,(H,23,27). The lowest BCUT2D eigenvalue weighted by molar-refractivity contribution is -0.123. The van der Waals surface area contributed by atoms with Crippen LogP contribution in [-0.2, 0) is 16.1 Å². The Morgan fingerprint density at radius 3 is 2.77 bits per heavy atom. The van der Waals surface area contributed by atoms with Crippen molar-refractivity contribution in [1.29, 1.82) is 5.26 Å². The topological polar surface area (TPSA) is 131 Å². The summed E-state index contributed by atoms with van der Waals surface area (Å²) >= 11 is 6.20. The number of hydrogen-bond acceptors (Lipinski definition) is 8. The minimum atomic E-state index is -0.669. The van der Waals surface area contributed by atoms with E-state index in [-0.39, 0.29) is 46.9 Å². The molecule has 0 spiro atoms. The number of hydrogen-bond donors (Lipinski definition) is 1. The molecule has 2 heterocycles. The Hall–Kier alpha value is -3.97. The van der Waals surface area contributed by atoms with Gasteiger partial charge in [-0.2, -0.15) is 5.26 Å². The summed E-state index contributed by atoms with van der Waals surface area (Å²) in [6, 6.07) is 7.09. The molecule has 160 valence electrons. The van der Waals surface area contributed by atoms with Gasteiger partial charge in [0.1, 0.15) is 17.5 Å². The summed E-state index contributed by atoms with van der Waals surface area (Å²) in [7, 11) is 2.61. The summed E-state index contributed by atoms with van der Waals surface area (Å²) in [4.78, 5) is 37.4. The first-order chi connectivity index (χ1) is 14.9. The molecule has 0 aliphatic carbocycles. The van der Waals surface area contributed by atoms with Crippen LogP contribution in [0.15, 0.2) is 34.4 Å². The molecule has 3 rings (SSSR count). The van der Waals surface area contributed by atoms with E-state index in [0.717, 1.165) is 4.90 Å². The number of carbonyl (C=O) groups excluding carboxylic acids is 3. The van der Waals surface area contributed by atoms with E-state index in [1.807, 2.05) is 6.07 Å². The number of imide groups is 1. The molecule has 2 aromatic rings. The van der Waals surface area contributed by atoms with Crippen molar-refractivity contribution in [1.82, 2.24) is 10.2 Å². The Morgan fingerprint density at radius 1 is 1.32 bits per heavy atom. The quantitative estimate of drug-likeness (QED) is 0.391. The molecule has 0 saturated carbocycles. The van der Waals surface area contributed by atoms with Crippen molar-refractivity contribution >= 4 is 35.6 Å². The molecule has 1 aliphatic rings. The molecule has 1 fully saturated rings. The summed E-state index contributed by atoms with van der Waals surface area (Å²) < 4.78 is 20.3. The molecule has 0 bridgehead atoms. The maximum atomic E-state index is 12.7. The zero-order chi connectivity index (χ0) is 22.5. The van der Waals surface area contributed by atoms with Gasteiger partial charge in [-0.1, -0.05) is 11.6 Å². The number of nitrogens with zero attached hydrogens (tertiary/aromatic N) is 2. The zero-order valence-electron chi connectivity index (χ0n) is 16.4. The summed E-state index contributed by atoms with van der Waals surface area (Å²) in [5, 5.41) is 11.3. The van der Waals surface area contributed by atoms with Crippen molar-refractivity contribution < 1.29 is 33.0 Å². The fourth-order valence-corrected chi connectivity index (χ4v) is 3.05. The number of urea groups is 1. The average molecular weight is 446 g/mol. The SMILES string of the molecule is COC(=O)c1ccc(CN2C(=O)NC(=Cc3cc(Cl)c(OCC#N)c(OC)c3)C2=O)o1. The van der Waals surface area contributed by atoms with Crippen LogP contribution >= 0.6 is 11.6 Å². The maximum absolute atomic E-state index is 12.7. The van der Waals surface area contributed by atoms with Gasteiger partial charge in [0.2, 0.25) is 5.76 Å². The second-order valence-corrected chi connectivity index (χ2v) is 6.53. The third-order valence-electron chi connectivity index (χ3n) is 4.17. The molecule has 10 nitrogen and oxygen atoms in total. The smallest absolute Gasteiger partial charge is 0.373 e. The lowest BCUT2D eigenvalue weighted by atomic mass is 10.1. The van der Waals surface area contributed by atoms with Gasteiger partial charge >= 0.3 is 12.0 Å². The third kappa shape index (κ3) is 4.62. The van der Waals surface area contributed by atoms with E-state index >= 15 is 0 Å². The van der Waals surface area contributed by atoms with Gasteiger partial charge in [-0.3, -0.25) is 9.69 Å². The van der Waals surface area contributed by atoms with Gasteiger partial charge in [-0.25, -0.2) is 9.59 Å². The molecule has 1 saturated heterocycles. The van der Waals surface area contributed by atoms with Gasteiger partial charge in [0, 0.05) is 0 Å². The first kappa shape index (κ1) is 21.7. The molecule has 0 unspecified atom stereocenters. The van der Waals surface area contributed by atoms with Crippen LogP contribution in [0.4, 0.5) is 4.79 Å². The molecule has 31 heavy (non-hydrogen) atoms. The number of ether oxygens (including phenoxy) is 3. The molecule has 1 aromatic carbocycles. The number of nitrogens with one attached hydrogen (secondary N) is 1. The van der Waals surface area contributed by atoms with Gasteiger partial charge in [0.05, 0.1) is 25.8 Å². The summed E-state index contributed by atoms with van der Waals surface area (Å²) in [6.07, 6.45) is 1.42. The molecule has 1 aromatic heterocycles. The Bertz CT molecular complexity index is 1120. The first-order valence-corrected chi connectivity index (χ1v) is 9.14. The monoisotopic (exact) mass is 445 g/mol. The van der Waals surface area contributed by atoms with Crippen molar-refractivity contribution in [2.45, 2.75) is 6.54 Å². The summed E-state index contributed by atoms with van der Waals surface area (Å²) in [5.41, 5.74) is 0.469. The fraction of sp³-hybridized carbons (Fsp3) is 0.200. The average Bonchev–Trinajstić information content (AvgIpc) is 3.32. The molecule has 0 radical (unpaired) electrons. The van der Waals surface area contributed by atoms with E-state index in [1.165, 1.54) is 38.5 Å². The Balaban J connectivity index is 1.81. The van der Waals surface area contributed by atoms with E-state index in [9.17, 15) is 14.4 Å². The van der Waals surface area contributed by atoms with Crippen LogP contribution in [0.25, 0.3) is 6.08 Å². The minimum Gasteiger partial charge on any atom is -0.493 e. The summed E-state index contributed by atoms with van der Waals surface area (Å²) in [6.45, 7) is -0.394. The van der Waals surface area contributed by atoms with E-state index < -0.39 is 17.9 Å². The van der Waals surface area contributed by atoms with Crippen LogP contribution in [0.3, 0.4) is 0 Å². The highest BCUT2D eigenvalue weighted by molar-refractivity contribution is 6.32. The predicted molar refractivity (Wildman–Crippen MR) is 106 cm³/mol. The van der Waals surface area contributed by atoms with Crippen LogP contribution < -0.4 is 14.8 Å². The lowest BCUT2D eigenvalue weighted by Gasteiger charge is -2.11. The molecule has 11 heteroatoms. The number of nitriles is 1. The van der Waals surface area contributed by atoms with Crippen molar-refractivity contribution in [3.8, 4) is 17.6 Å². The number of benzene rings is 1. The molecule has 1 N–H and O–H groups in total. The number of amides is 3. The van der Waals surface area contributed by atoms with Gasteiger partial charge in [0.15, 0.2) is 18.1 Å². The summed E-state index contributed by atoms with van der Waals surface area (Å²) in [5.74, 6) is -0.628. The van der Waals surface area contributed by atoms with Crippen molar-refractivity contribution in [2.75, 3.05) is 20.8 Å². The van der Waals surface area contributed by atoms with Crippen LogP contribution in [0.2, 0.25) is 5.02 Å². The molecule has 0 atom stereocenters. The van der Waals surface area contributed by atoms with Crippen LogP contribution in [-0.4, -0.2) is 43.6 Å². The second kappa shape index (κ2) is 9.23. The molecule has 1 aliphatic heterocycles. The molecule has 3 amide bonds.